The summed E-state index contributed by atoms with van der Waals surface area (Å²) in [7, 11) is 2.16. The second-order valence-electron chi connectivity index (χ2n) is 1.08. The first-order valence-corrected chi connectivity index (χ1v) is 2.66. The molecule has 0 aliphatic heterocycles. The summed E-state index contributed by atoms with van der Waals surface area (Å²) >= 11 is 4.00. The fraction of sp³-hybridized carbons (Fsp3) is 1.00. The Kier molecular flexibility index (Phi) is 4.78. The van der Waals surface area contributed by atoms with E-state index < -0.39 is 0 Å². The van der Waals surface area contributed by atoms with Crippen LogP contribution >= 0.6 is 12.6 Å². The molecule has 0 atom stereocenters. The molecule has 0 radical (unpaired) electrons. The van der Waals surface area contributed by atoms with Crippen molar-refractivity contribution in [1.29, 1.82) is 0 Å². The van der Waals surface area contributed by atoms with E-state index in [0.29, 0.717) is 0 Å². The van der Waals surface area contributed by atoms with Gasteiger partial charge in [-0.2, -0.15) is 12.6 Å². The van der Waals surface area contributed by atoms with Crippen molar-refractivity contribution in [2.75, 3.05) is 5.75 Å². The summed E-state index contributed by atoms with van der Waals surface area (Å²) in [6.45, 7) is 0. The predicted octanol–water partition coefficient (Wildman–Crippen LogP) is 0.358. The van der Waals surface area contributed by atoms with Crippen molar-refractivity contribution in [2.24, 2.45) is 0 Å². The van der Waals surface area contributed by atoms with Crippen molar-refractivity contribution in [2.45, 2.75) is 12.7 Å². The van der Waals surface area contributed by atoms with Gasteiger partial charge in [0.05, 0.1) is 0 Å². The molecule has 0 aromatic carbocycles. The van der Waals surface area contributed by atoms with Crippen molar-refractivity contribution in [3.63, 3.8) is 0 Å². The zero-order valence-electron chi connectivity index (χ0n) is 3.57. The van der Waals surface area contributed by atoms with E-state index in [9.17, 15) is 0 Å². The zero-order chi connectivity index (χ0) is 4.12. The highest BCUT2D eigenvalue weighted by Gasteiger charge is 1.69. The van der Waals surface area contributed by atoms with Crippen LogP contribution in [0.3, 0.4) is 0 Å². The van der Waals surface area contributed by atoms with Crippen molar-refractivity contribution in [3.8, 4) is 0 Å². The molecule has 0 spiro atoms. The molecule has 0 rings (SSSR count). The number of thiol groups is 1. The number of hydrogen-bond donors (Lipinski definition) is 1. The van der Waals surface area contributed by atoms with Crippen LogP contribution in [0.4, 0.5) is 0 Å². The predicted molar refractivity (Wildman–Crippen MR) is 31.8 cm³/mol. The van der Waals surface area contributed by atoms with Gasteiger partial charge in [0, 0.05) is 0 Å². The Morgan fingerprint density at radius 2 is 2.20 bits per heavy atom. The average Bonchev–Trinajstić information content (AvgIpc) is 1.41. The molecule has 2 heteroatoms. The monoisotopic (exact) mass is 88.1 g/mol. The largest absolute Gasteiger partial charge is 0.179 e. The molecule has 0 aromatic rings. The van der Waals surface area contributed by atoms with Crippen LogP contribution in [0, 0.1) is 0 Å². The summed E-state index contributed by atoms with van der Waals surface area (Å²) in [6, 6.07) is 0. The highest BCUT2D eigenvalue weighted by molar-refractivity contribution is 7.80. The van der Waals surface area contributed by atoms with E-state index >= 15 is 0 Å². The first-order chi connectivity index (χ1) is 2.41. The van der Waals surface area contributed by atoms with E-state index in [2.05, 4.69) is 20.5 Å². The fourth-order valence-electron chi connectivity index (χ4n) is 0.158. The van der Waals surface area contributed by atoms with Crippen molar-refractivity contribution in [1.82, 2.24) is 0 Å². The Bertz CT molecular complexity index is 14.4. The maximum absolute atomic E-state index is 4.00. The topological polar surface area (TPSA) is 0 Å². The molecule has 0 heterocycles. The van der Waals surface area contributed by atoms with Crippen LogP contribution in [0.15, 0.2) is 0 Å². The van der Waals surface area contributed by atoms with E-state index in [1.807, 2.05) is 0 Å². The zero-order valence-corrected chi connectivity index (χ0v) is 4.46. The average molecular weight is 88.0 g/mol. The highest BCUT2D eigenvalue weighted by atomic mass is 32.1. The second-order valence-corrected chi connectivity index (χ2v) is 1.52. The summed E-state index contributed by atoms with van der Waals surface area (Å²) in [5, 5.41) is 0. The van der Waals surface area contributed by atoms with E-state index in [4.69, 9.17) is 0 Å². The molecule has 30 valence electrons. The Hall–Kier alpha value is 0.415. The summed E-state index contributed by atoms with van der Waals surface area (Å²) in [6.07, 6.45) is 2.52. The number of hydrogen-bond acceptors (Lipinski definition) is 1. The lowest BCUT2D eigenvalue weighted by Gasteiger charge is -1.78. The van der Waals surface area contributed by atoms with Gasteiger partial charge in [0.15, 0.2) is 0 Å². The first-order valence-electron chi connectivity index (χ1n) is 2.02. The van der Waals surface area contributed by atoms with Gasteiger partial charge in [0.2, 0.25) is 0 Å². The third-order valence-electron chi connectivity index (χ3n) is 0.512. The Balaban J connectivity index is 2.19. The van der Waals surface area contributed by atoms with Crippen LogP contribution in [-0.4, -0.2) is 13.6 Å². The molecule has 0 aliphatic carbocycles. The SMILES string of the molecule is BCCCS. The van der Waals surface area contributed by atoms with Gasteiger partial charge < -0.3 is 0 Å². The van der Waals surface area contributed by atoms with Gasteiger partial charge in [0.1, 0.15) is 7.85 Å². The maximum atomic E-state index is 4.00. The molecule has 0 aromatic heterocycles. The minimum absolute atomic E-state index is 1.04. The van der Waals surface area contributed by atoms with E-state index in [0.717, 1.165) is 5.75 Å². The molecule has 0 unspecified atom stereocenters. The minimum atomic E-state index is 1.04. The van der Waals surface area contributed by atoms with Crippen molar-refractivity contribution >= 4 is 20.5 Å². The quantitative estimate of drug-likeness (QED) is 0.365. The van der Waals surface area contributed by atoms with Crippen LogP contribution in [-0.2, 0) is 0 Å². The third kappa shape index (κ3) is 4.41. The van der Waals surface area contributed by atoms with Gasteiger partial charge in [-0.05, 0) is 5.75 Å². The van der Waals surface area contributed by atoms with Crippen molar-refractivity contribution in [3.05, 3.63) is 0 Å². The summed E-state index contributed by atoms with van der Waals surface area (Å²) < 4.78 is 0. The van der Waals surface area contributed by atoms with E-state index in [1.54, 1.807) is 0 Å². The second kappa shape index (κ2) is 4.41. The third-order valence-corrected chi connectivity index (χ3v) is 0.828. The Morgan fingerprint density at radius 3 is 2.20 bits per heavy atom. The highest BCUT2D eigenvalue weighted by Crippen LogP contribution is 1.84. The summed E-state index contributed by atoms with van der Waals surface area (Å²) in [5.41, 5.74) is 0. The minimum Gasteiger partial charge on any atom is -0.179 e. The van der Waals surface area contributed by atoms with Crippen LogP contribution in [0.25, 0.3) is 0 Å². The molecule has 5 heavy (non-hydrogen) atoms. The lowest BCUT2D eigenvalue weighted by molar-refractivity contribution is 1.11. The lowest BCUT2D eigenvalue weighted by Crippen LogP contribution is -1.69. The molecule has 0 N–H and O–H groups in total. The Labute approximate surface area is 39.8 Å². The van der Waals surface area contributed by atoms with Crippen LogP contribution in [0.2, 0.25) is 6.32 Å². The van der Waals surface area contributed by atoms with E-state index in [1.165, 1.54) is 12.7 Å². The van der Waals surface area contributed by atoms with Gasteiger partial charge in [0.25, 0.3) is 0 Å². The van der Waals surface area contributed by atoms with Gasteiger partial charge in [-0.3, -0.25) is 0 Å². The van der Waals surface area contributed by atoms with Gasteiger partial charge in [-0.15, -0.1) is 0 Å². The molecule has 0 fully saturated rings. The van der Waals surface area contributed by atoms with Crippen LogP contribution in [0.5, 0.6) is 0 Å². The smallest absolute Gasteiger partial charge is 0.101 e. The Morgan fingerprint density at radius 1 is 1.60 bits per heavy atom. The van der Waals surface area contributed by atoms with Gasteiger partial charge in [-0.1, -0.05) is 12.7 Å². The van der Waals surface area contributed by atoms with E-state index in [-0.39, 0.29) is 0 Å². The normalized spacial score (nSPS) is 8.20. The first kappa shape index (κ1) is 5.41. The van der Waals surface area contributed by atoms with Gasteiger partial charge in [-0.25, -0.2) is 0 Å². The van der Waals surface area contributed by atoms with Crippen molar-refractivity contribution < 1.29 is 0 Å². The summed E-state index contributed by atoms with van der Waals surface area (Å²) in [5.74, 6) is 1.04. The molecule has 0 saturated heterocycles. The molecule has 0 amide bonds. The number of rotatable bonds is 2. The standard InChI is InChI=1S/C3H9BS/c4-2-1-3-5/h5H,1-4H2. The molecule has 0 saturated carbocycles. The summed E-state index contributed by atoms with van der Waals surface area (Å²) in [4.78, 5) is 0. The fourth-order valence-corrected chi connectivity index (χ4v) is 0.474. The molecule has 0 aliphatic rings. The van der Waals surface area contributed by atoms with Crippen LogP contribution in [0.1, 0.15) is 6.42 Å². The lowest BCUT2D eigenvalue weighted by atomic mass is 10.0. The molecular weight excluding hydrogens is 78.9 g/mol. The maximum Gasteiger partial charge on any atom is 0.101 e. The molecule has 0 bridgehead atoms. The van der Waals surface area contributed by atoms with Gasteiger partial charge >= 0.3 is 0 Å². The van der Waals surface area contributed by atoms with Crippen LogP contribution < -0.4 is 0 Å². The molecular formula is C3H9BS. The molecule has 0 nitrogen and oxygen atoms in total.